The summed E-state index contributed by atoms with van der Waals surface area (Å²) in [6, 6.07) is 5.90. The molecule has 4 heteroatoms. The van der Waals surface area contributed by atoms with E-state index < -0.39 is 0 Å². The first-order chi connectivity index (χ1) is 8.09. The minimum atomic E-state index is -0.224. The monoisotopic (exact) mass is 254 g/mol. The summed E-state index contributed by atoms with van der Waals surface area (Å²) in [6.07, 6.45) is 2.29. The van der Waals surface area contributed by atoms with Gasteiger partial charge in [0.05, 0.1) is 0 Å². The van der Waals surface area contributed by atoms with Crippen molar-refractivity contribution in [1.82, 2.24) is 5.32 Å². The minimum Gasteiger partial charge on any atom is -0.370 e. The predicted octanol–water partition coefficient (Wildman–Crippen LogP) is 2.39. The van der Waals surface area contributed by atoms with Gasteiger partial charge in [-0.15, -0.1) is 0 Å². The Morgan fingerprint density at radius 2 is 2.18 bits per heavy atom. The second kappa shape index (κ2) is 7.30. The van der Waals surface area contributed by atoms with Gasteiger partial charge in [0.2, 0.25) is 5.91 Å². The van der Waals surface area contributed by atoms with E-state index in [1.54, 1.807) is 0 Å². The maximum absolute atomic E-state index is 10.5. The lowest BCUT2D eigenvalue weighted by Crippen LogP contribution is -2.16. The first-order valence-electron chi connectivity index (χ1n) is 5.83. The topological polar surface area (TPSA) is 55.1 Å². The van der Waals surface area contributed by atoms with Crippen LogP contribution in [-0.2, 0) is 11.3 Å². The summed E-state index contributed by atoms with van der Waals surface area (Å²) in [5, 5.41) is 4.11. The molecule has 0 heterocycles. The highest BCUT2D eigenvalue weighted by Crippen LogP contribution is 2.14. The average molecular weight is 255 g/mol. The molecule has 0 saturated carbocycles. The van der Waals surface area contributed by atoms with Crippen molar-refractivity contribution in [3.05, 3.63) is 34.3 Å². The molecule has 94 valence electrons. The molecule has 0 aromatic heterocycles. The number of amides is 1. The molecular weight excluding hydrogens is 236 g/mol. The van der Waals surface area contributed by atoms with Crippen LogP contribution < -0.4 is 11.1 Å². The van der Waals surface area contributed by atoms with Crippen LogP contribution in [0.3, 0.4) is 0 Å². The SMILES string of the molecule is Cc1cc(Cl)ccc1CNCCCCC(N)=O. The van der Waals surface area contributed by atoms with Gasteiger partial charge in [-0.05, 0) is 49.6 Å². The number of aryl methyl sites for hydroxylation is 1. The quantitative estimate of drug-likeness (QED) is 0.734. The van der Waals surface area contributed by atoms with Gasteiger partial charge in [-0.2, -0.15) is 0 Å². The molecule has 0 radical (unpaired) electrons. The summed E-state index contributed by atoms with van der Waals surface area (Å²) in [7, 11) is 0. The standard InChI is InChI=1S/C13H19ClN2O/c1-10-8-12(14)6-5-11(10)9-16-7-3-2-4-13(15)17/h5-6,8,16H,2-4,7,9H2,1H3,(H2,15,17). The van der Waals surface area contributed by atoms with Gasteiger partial charge in [-0.3, -0.25) is 4.79 Å². The highest BCUT2D eigenvalue weighted by atomic mass is 35.5. The van der Waals surface area contributed by atoms with Gasteiger partial charge in [0.15, 0.2) is 0 Å². The number of carbonyl (C=O) groups excluding carboxylic acids is 1. The van der Waals surface area contributed by atoms with E-state index in [4.69, 9.17) is 17.3 Å². The number of benzene rings is 1. The van der Waals surface area contributed by atoms with Gasteiger partial charge >= 0.3 is 0 Å². The summed E-state index contributed by atoms with van der Waals surface area (Å²) in [4.78, 5) is 10.5. The number of hydrogen-bond acceptors (Lipinski definition) is 2. The van der Waals surface area contributed by atoms with E-state index in [0.717, 1.165) is 31.0 Å². The number of hydrogen-bond donors (Lipinski definition) is 2. The fourth-order valence-electron chi connectivity index (χ4n) is 1.63. The first kappa shape index (κ1) is 14.0. The predicted molar refractivity (Wildman–Crippen MR) is 70.9 cm³/mol. The highest BCUT2D eigenvalue weighted by Gasteiger charge is 1.99. The van der Waals surface area contributed by atoms with Crippen molar-refractivity contribution < 1.29 is 4.79 Å². The van der Waals surface area contributed by atoms with E-state index in [1.807, 2.05) is 18.2 Å². The van der Waals surface area contributed by atoms with Crippen molar-refractivity contribution in [3.8, 4) is 0 Å². The molecule has 0 unspecified atom stereocenters. The van der Waals surface area contributed by atoms with Crippen LogP contribution in [0.1, 0.15) is 30.4 Å². The van der Waals surface area contributed by atoms with Crippen LogP contribution in [0.15, 0.2) is 18.2 Å². The third kappa shape index (κ3) is 5.71. The van der Waals surface area contributed by atoms with Gasteiger partial charge in [0.1, 0.15) is 0 Å². The Morgan fingerprint density at radius 3 is 2.82 bits per heavy atom. The van der Waals surface area contributed by atoms with Crippen LogP contribution >= 0.6 is 11.6 Å². The summed E-state index contributed by atoms with van der Waals surface area (Å²) in [5.41, 5.74) is 7.51. The first-order valence-corrected chi connectivity index (χ1v) is 6.21. The maximum Gasteiger partial charge on any atom is 0.217 e. The number of rotatable bonds is 7. The largest absolute Gasteiger partial charge is 0.370 e. The van der Waals surface area contributed by atoms with E-state index in [0.29, 0.717) is 6.42 Å². The molecule has 0 atom stereocenters. The van der Waals surface area contributed by atoms with Crippen molar-refractivity contribution in [2.24, 2.45) is 5.73 Å². The second-order valence-corrected chi connectivity index (χ2v) is 4.61. The number of carbonyl (C=O) groups is 1. The Labute approximate surface area is 107 Å². The minimum absolute atomic E-state index is 0.224. The van der Waals surface area contributed by atoms with Crippen LogP contribution in [0.5, 0.6) is 0 Å². The van der Waals surface area contributed by atoms with E-state index in [2.05, 4.69) is 12.2 Å². The molecule has 0 spiro atoms. The van der Waals surface area contributed by atoms with Gasteiger partial charge in [-0.25, -0.2) is 0 Å². The molecule has 0 fully saturated rings. The van der Waals surface area contributed by atoms with Crippen molar-refractivity contribution in [2.75, 3.05) is 6.54 Å². The van der Waals surface area contributed by atoms with Crippen LogP contribution in [-0.4, -0.2) is 12.5 Å². The average Bonchev–Trinajstić information content (AvgIpc) is 2.25. The van der Waals surface area contributed by atoms with Gasteiger partial charge in [0.25, 0.3) is 0 Å². The molecule has 1 rings (SSSR count). The lowest BCUT2D eigenvalue weighted by Gasteiger charge is -2.07. The van der Waals surface area contributed by atoms with Crippen molar-refractivity contribution >= 4 is 17.5 Å². The van der Waals surface area contributed by atoms with Crippen LogP contribution in [0.2, 0.25) is 5.02 Å². The lowest BCUT2D eigenvalue weighted by atomic mass is 10.1. The third-order valence-corrected chi connectivity index (χ3v) is 2.88. The fourth-order valence-corrected chi connectivity index (χ4v) is 1.86. The van der Waals surface area contributed by atoms with Crippen molar-refractivity contribution in [1.29, 1.82) is 0 Å². The van der Waals surface area contributed by atoms with Crippen LogP contribution in [0.25, 0.3) is 0 Å². The summed E-state index contributed by atoms with van der Waals surface area (Å²) >= 11 is 5.88. The number of nitrogens with two attached hydrogens (primary N) is 1. The number of halogens is 1. The zero-order valence-electron chi connectivity index (χ0n) is 10.1. The van der Waals surface area contributed by atoms with E-state index in [-0.39, 0.29) is 5.91 Å². The Balaban J connectivity index is 2.20. The Hall–Kier alpha value is -1.06. The van der Waals surface area contributed by atoms with E-state index in [1.165, 1.54) is 11.1 Å². The van der Waals surface area contributed by atoms with Crippen LogP contribution in [0, 0.1) is 6.92 Å². The molecule has 1 amide bonds. The van der Waals surface area contributed by atoms with Crippen LogP contribution in [0.4, 0.5) is 0 Å². The number of unbranched alkanes of at least 4 members (excludes halogenated alkanes) is 1. The normalized spacial score (nSPS) is 10.5. The molecule has 0 saturated heterocycles. The molecule has 1 aromatic carbocycles. The zero-order chi connectivity index (χ0) is 12.7. The van der Waals surface area contributed by atoms with E-state index in [9.17, 15) is 4.79 Å². The molecule has 3 N–H and O–H groups in total. The summed E-state index contributed by atoms with van der Waals surface area (Å²) in [5.74, 6) is -0.224. The molecular formula is C13H19ClN2O. The molecule has 0 aliphatic carbocycles. The third-order valence-electron chi connectivity index (χ3n) is 2.65. The Kier molecular flexibility index (Phi) is 6.01. The maximum atomic E-state index is 10.5. The zero-order valence-corrected chi connectivity index (χ0v) is 10.9. The van der Waals surface area contributed by atoms with Crippen molar-refractivity contribution in [2.45, 2.75) is 32.7 Å². The summed E-state index contributed by atoms with van der Waals surface area (Å²) in [6.45, 7) is 3.78. The summed E-state index contributed by atoms with van der Waals surface area (Å²) < 4.78 is 0. The number of nitrogens with one attached hydrogen (secondary N) is 1. The van der Waals surface area contributed by atoms with Crippen molar-refractivity contribution in [3.63, 3.8) is 0 Å². The molecule has 0 aliphatic rings. The molecule has 3 nitrogen and oxygen atoms in total. The second-order valence-electron chi connectivity index (χ2n) is 4.17. The lowest BCUT2D eigenvalue weighted by molar-refractivity contribution is -0.118. The Bertz CT molecular complexity index is 380. The van der Waals surface area contributed by atoms with Gasteiger partial charge in [0, 0.05) is 18.0 Å². The molecule has 0 aliphatic heterocycles. The number of primary amides is 1. The van der Waals surface area contributed by atoms with Gasteiger partial charge in [-0.1, -0.05) is 17.7 Å². The fraction of sp³-hybridized carbons (Fsp3) is 0.462. The smallest absolute Gasteiger partial charge is 0.217 e. The Morgan fingerprint density at radius 1 is 1.41 bits per heavy atom. The molecule has 0 bridgehead atoms. The highest BCUT2D eigenvalue weighted by molar-refractivity contribution is 6.30. The molecule has 17 heavy (non-hydrogen) atoms. The van der Waals surface area contributed by atoms with E-state index >= 15 is 0 Å². The van der Waals surface area contributed by atoms with Gasteiger partial charge < -0.3 is 11.1 Å². The molecule has 1 aromatic rings.